The van der Waals surface area contributed by atoms with Crippen molar-refractivity contribution >= 4 is 34.8 Å². The van der Waals surface area contributed by atoms with Crippen LogP contribution in [0.4, 0.5) is 17.1 Å². The first kappa shape index (κ1) is 24.5. The molecule has 3 aromatic carbocycles. The predicted molar refractivity (Wildman–Crippen MR) is 136 cm³/mol. The maximum atomic E-state index is 12.2. The van der Waals surface area contributed by atoms with Gasteiger partial charge in [0.15, 0.2) is 0 Å². The lowest BCUT2D eigenvalue weighted by atomic mass is 10.1. The third-order valence-electron chi connectivity index (χ3n) is 4.96. The highest BCUT2D eigenvalue weighted by Crippen LogP contribution is 2.15. The third-order valence-corrected chi connectivity index (χ3v) is 4.96. The molecule has 3 rings (SSSR count). The Morgan fingerprint density at radius 2 is 1.26 bits per heavy atom. The molecule has 0 fully saturated rings. The van der Waals surface area contributed by atoms with Crippen molar-refractivity contribution < 1.29 is 14.4 Å². The van der Waals surface area contributed by atoms with Crippen molar-refractivity contribution in [1.82, 2.24) is 5.32 Å². The summed E-state index contributed by atoms with van der Waals surface area (Å²) in [5.41, 5.74) is 3.74. The summed E-state index contributed by atoms with van der Waals surface area (Å²) in [5, 5.41) is 11.6. The van der Waals surface area contributed by atoms with Crippen LogP contribution in [0.2, 0.25) is 0 Å². The Labute approximate surface area is 200 Å². The Balaban J connectivity index is 1.41. The van der Waals surface area contributed by atoms with Crippen LogP contribution >= 0.6 is 0 Å². The molecule has 0 saturated heterocycles. The summed E-state index contributed by atoms with van der Waals surface area (Å²) < 4.78 is 0. The van der Waals surface area contributed by atoms with Crippen LogP contribution in [-0.2, 0) is 16.0 Å². The number of anilines is 3. The van der Waals surface area contributed by atoms with Gasteiger partial charge in [-0.2, -0.15) is 0 Å². The van der Waals surface area contributed by atoms with Gasteiger partial charge in [-0.15, -0.1) is 0 Å². The van der Waals surface area contributed by atoms with E-state index in [1.807, 2.05) is 56.3 Å². The van der Waals surface area contributed by atoms with E-state index >= 15 is 0 Å². The summed E-state index contributed by atoms with van der Waals surface area (Å²) >= 11 is 0. The zero-order valence-corrected chi connectivity index (χ0v) is 19.4. The standard InChI is InChI=1S/C27H30N4O3/c1-19(2)29-27(34)21-9-11-23(12-10-21)31-26(33)18-28-22-13-15-24(16-14-22)30-25(32)17-8-20-6-4-3-5-7-20/h3-7,9-16,19,28H,8,17-18H2,1-2H3,(H,29,34)(H,30,32)(H,31,33). The van der Waals surface area contributed by atoms with Crippen molar-refractivity contribution in [3.8, 4) is 0 Å². The van der Waals surface area contributed by atoms with E-state index in [1.54, 1.807) is 36.4 Å². The fraction of sp³-hybridized carbons (Fsp3) is 0.222. The van der Waals surface area contributed by atoms with Gasteiger partial charge in [0.05, 0.1) is 6.54 Å². The van der Waals surface area contributed by atoms with Crippen LogP contribution in [0.5, 0.6) is 0 Å². The minimum atomic E-state index is -0.210. The number of amides is 3. The quantitative estimate of drug-likeness (QED) is 0.361. The fourth-order valence-electron chi connectivity index (χ4n) is 3.24. The van der Waals surface area contributed by atoms with Gasteiger partial charge in [-0.05, 0) is 74.4 Å². The monoisotopic (exact) mass is 458 g/mol. The van der Waals surface area contributed by atoms with Crippen LogP contribution in [0.15, 0.2) is 78.9 Å². The van der Waals surface area contributed by atoms with Gasteiger partial charge < -0.3 is 21.3 Å². The lowest BCUT2D eigenvalue weighted by Crippen LogP contribution is -2.30. The molecule has 0 radical (unpaired) electrons. The van der Waals surface area contributed by atoms with Gasteiger partial charge in [0.2, 0.25) is 11.8 Å². The normalized spacial score (nSPS) is 10.4. The Morgan fingerprint density at radius 1 is 0.706 bits per heavy atom. The smallest absolute Gasteiger partial charge is 0.251 e. The Bertz CT molecular complexity index is 1090. The second kappa shape index (κ2) is 12.2. The molecule has 0 bridgehead atoms. The molecule has 7 nitrogen and oxygen atoms in total. The van der Waals surface area contributed by atoms with Crippen molar-refractivity contribution in [1.29, 1.82) is 0 Å². The fourth-order valence-corrected chi connectivity index (χ4v) is 3.24. The molecule has 0 aromatic heterocycles. The summed E-state index contributed by atoms with van der Waals surface area (Å²) in [6.07, 6.45) is 1.10. The van der Waals surface area contributed by atoms with Crippen LogP contribution in [0.1, 0.15) is 36.2 Å². The van der Waals surface area contributed by atoms with Gasteiger partial charge in [0, 0.05) is 35.1 Å². The first-order valence-corrected chi connectivity index (χ1v) is 11.3. The lowest BCUT2D eigenvalue weighted by molar-refractivity contribution is -0.116. The molecule has 3 amide bonds. The molecular weight excluding hydrogens is 428 g/mol. The van der Waals surface area contributed by atoms with Crippen LogP contribution in [-0.4, -0.2) is 30.3 Å². The van der Waals surface area contributed by atoms with Crippen molar-refractivity contribution in [3.05, 3.63) is 90.0 Å². The van der Waals surface area contributed by atoms with Crippen LogP contribution in [0.3, 0.4) is 0 Å². The topological polar surface area (TPSA) is 99.3 Å². The minimum absolute atomic E-state index is 0.0448. The van der Waals surface area contributed by atoms with Crippen LogP contribution in [0, 0.1) is 0 Å². The Hall–Kier alpha value is -4.13. The molecule has 176 valence electrons. The summed E-state index contributed by atoms with van der Waals surface area (Å²) in [6.45, 7) is 3.88. The SMILES string of the molecule is CC(C)NC(=O)c1ccc(NC(=O)CNc2ccc(NC(=O)CCc3ccccc3)cc2)cc1. The van der Waals surface area contributed by atoms with E-state index in [-0.39, 0.29) is 30.3 Å². The molecule has 3 aromatic rings. The molecule has 0 aliphatic rings. The predicted octanol–water partition coefficient (Wildman–Crippen LogP) is 4.45. The molecule has 0 aliphatic carbocycles. The van der Waals surface area contributed by atoms with E-state index in [0.717, 1.165) is 11.3 Å². The van der Waals surface area contributed by atoms with Crippen LogP contribution in [0.25, 0.3) is 0 Å². The lowest BCUT2D eigenvalue weighted by Gasteiger charge is -2.11. The van der Waals surface area contributed by atoms with E-state index in [2.05, 4.69) is 21.3 Å². The van der Waals surface area contributed by atoms with Gasteiger partial charge in [0.25, 0.3) is 5.91 Å². The van der Waals surface area contributed by atoms with E-state index < -0.39 is 0 Å². The zero-order chi connectivity index (χ0) is 24.3. The minimum Gasteiger partial charge on any atom is -0.376 e. The maximum Gasteiger partial charge on any atom is 0.251 e. The second-order valence-electron chi connectivity index (χ2n) is 8.22. The highest BCUT2D eigenvalue weighted by atomic mass is 16.2. The van der Waals surface area contributed by atoms with E-state index in [0.29, 0.717) is 29.8 Å². The molecule has 0 spiro atoms. The van der Waals surface area contributed by atoms with E-state index in [1.165, 1.54) is 0 Å². The van der Waals surface area contributed by atoms with Crippen molar-refractivity contribution in [2.45, 2.75) is 32.7 Å². The molecule has 0 heterocycles. The first-order valence-electron chi connectivity index (χ1n) is 11.3. The van der Waals surface area contributed by atoms with Crippen molar-refractivity contribution in [2.24, 2.45) is 0 Å². The van der Waals surface area contributed by atoms with Crippen LogP contribution < -0.4 is 21.3 Å². The summed E-state index contributed by atoms with van der Waals surface area (Å²) in [6, 6.07) is 23.9. The third kappa shape index (κ3) is 8.09. The number of carbonyl (C=O) groups is 3. The Kier molecular flexibility index (Phi) is 8.80. The number of hydrogen-bond donors (Lipinski definition) is 4. The van der Waals surface area contributed by atoms with Gasteiger partial charge in [-0.3, -0.25) is 14.4 Å². The van der Waals surface area contributed by atoms with E-state index in [9.17, 15) is 14.4 Å². The molecule has 4 N–H and O–H groups in total. The summed E-state index contributed by atoms with van der Waals surface area (Å²) in [4.78, 5) is 36.4. The van der Waals surface area contributed by atoms with Gasteiger partial charge in [-0.25, -0.2) is 0 Å². The number of hydrogen-bond acceptors (Lipinski definition) is 4. The highest BCUT2D eigenvalue weighted by Gasteiger charge is 2.08. The number of aryl methyl sites for hydroxylation is 1. The summed E-state index contributed by atoms with van der Waals surface area (Å²) in [7, 11) is 0. The number of nitrogens with one attached hydrogen (secondary N) is 4. The molecule has 0 saturated carbocycles. The largest absolute Gasteiger partial charge is 0.376 e. The first-order chi connectivity index (χ1) is 16.4. The molecule has 0 aliphatic heterocycles. The number of carbonyl (C=O) groups excluding carboxylic acids is 3. The highest BCUT2D eigenvalue weighted by molar-refractivity contribution is 5.97. The van der Waals surface area contributed by atoms with Gasteiger partial charge in [0.1, 0.15) is 0 Å². The van der Waals surface area contributed by atoms with E-state index in [4.69, 9.17) is 0 Å². The molecule has 0 atom stereocenters. The van der Waals surface area contributed by atoms with Gasteiger partial charge >= 0.3 is 0 Å². The van der Waals surface area contributed by atoms with Crippen molar-refractivity contribution in [3.63, 3.8) is 0 Å². The molecule has 0 unspecified atom stereocenters. The maximum absolute atomic E-state index is 12.2. The van der Waals surface area contributed by atoms with Crippen molar-refractivity contribution in [2.75, 3.05) is 22.5 Å². The zero-order valence-electron chi connectivity index (χ0n) is 19.4. The number of benzene rings is 3. The van der Waals surface area contributed by atoms with Gasteiger partial charge in [-0.1, -0.05) is 30.3 Å². The Morgan fingerprint density at radius 3 is 1.88 bits per heavy atom. The average molecular weight is 459 g/mol. The number of rotatable bonds is 10. The second-order valence-corrected chi connectivity index (χ2v) is 8.22. The molecule has 7 heteroatoms. The molecule has 34 heavy (non-hydrogen) atoms. The summed E-state index contributed by atoms with van der Waals surface area (Å²) in [5.74, 6) is -0.403. The molecular formula is C27H30N4O3. The average Bonchev–Trinajstić information content (AvgIpc) is 2.83.